The number of carbonyl (C=O) groups is 1. The van der Waals surface area contributed by atoms with Gasteiger partial charge in [-0.2, -0.15) is 10.2 Å². The molecule has 22 heavy (non-hydrogen) atoms. The van der Waals surface area contributed by atoms with Crippen LogP contribution >= 0.6 is 11.6 Å². The van der Waals surface area contributed by atoms with Crippen molar-refractivity contribution in [2.75, 3.05) is 0 Å². The average molecular weight is 315 g/mol. The Bertz CT molecular complexity index is 776. The first-order valence-corrected chi connectivity index (χ1v) is 6.87. The highest BCUT2D eigenvalue weighted by atomic mass is 35.5. The molecule has 7 heteroatoms. The number of rotatable bonds is 4. The summed E-state index contributed by atoms with van der Waals surface area (Å²) >= 11 is 6.15. The van der Waals surface area contributed by atoms with Gasteiger partial charge in [-0.3, -0.25) is 4.79 Å². The maximum absolute atomic E-state index is 11.9. The van der Waals surface area contributed by atoms with Gasteiger partial charge in [0.25, 0.3) is 0 Å². The van der Waals surface area contributed by atoms with E-state index in [4.69, 9.17) is 16.3 Å². The minimum Gasteiger partial charge on any atom is -0.426 e. The van der Waals surface area contributed by atoms with Crippen LogP contribution < -0.4 is 4.74 Å². The normalized spacial score (nSPS) is 10.4. The molecule has 0 saturated carbocycles. The van der Waals surface area contributed by atoms with Gasteiger partial charge < -0.3 is 4.74 Å². The summed E-state index contributed by atoms with van der Waals surface area (Å²) in [4.78, 5) is 17.4. The van der Waals surface area contributed by atoms with Gasteiger partial charge in [0.2, 0.25) is 0 Å². The molecular formula is C15H11ClN4O2. The lowest BCUT2D eigenvalue weighted by Gasteiger charge is -2.06. The van der Waals surface area contributed by atoms with Crippen molar-refractivity contribution in [1.82, 2.24) is 20.0 Å². The van der Waals surface area contributed by atoms with Gasteiger partial charge in [0.05, 0.1) is 23.8 Å². The SMILES string of the molecule is O=C(Cc1cnc(-n2nccn2)c(Cl)c1)Oc1ccccc1. The Hall–Kier alpha value is -2.73. The summed E-state index contributed by atoms with van der Waals surface area (Å²) in [6.45, 7) is 0. The maximum Gasteiger partial charge on any atom is 0.315 e. The van der Waals surface area contributed by atoms with E-state index in [-0.39, 0.29) is 12.4 Å². The highest BCUT2D eigenvalue weighted by Crippen LogP contribution is 2.18. The van der Waals surface area contributed by atoms with Crippen molar-refractivity contribution in [2.24, 2.45) is 0 Å². The number of pyridine rings is 1. The fourth-order valence-corrected chi connectivity index (χ4v) is 2.13. The van der Waals surface area contributed by atoms with E-state index in [1.54, 1.807) is 36.5 Å². The number of benzene rings is 1. The highest BCUT2D eigenvalue weighted by Gasteiger charge is 2.11. The van der Waals surface area contributed by atoms with Crippen LogP contribution in [-0.2, 0) is 11.2 Å². The summed E-state index contributed by atoms with van der Waals surface area (Å²) in [6.07, 6.45) is 4.69. The quantitative estimate of drug-likeness (QED) is 0.546. The van der Waals surface area contributed by atoms with Gasteiger partial charge in [0.1, 0.15) is 5.75 Å². The molecule has 0 saturated heterocycles. The Kier molecular flexibility index (Phi) is 4.11. The maximum atomic E-state index is 11.9. The van der Waals surface area contributed by atoms with Gasteiger partial charge in [-0.05, 0) is 23.8 Å². The second kappa shape index (κ2) is 6.36. The van der Waals surface area contributed by atoms with E-state index in [1.807, 2.05) is 6.07 Å². The molecule has 0 aliphatic rings. The zero-order valence-corrected chi connectivity index (χ0v) is 12.1. The lowest BCUT2D eigenvalue weighted by atomic mass is 10.2. The topological polar surface area (TPSA) is 69.9 Å². The molecule has 0 aliphatic heterocycles. The van der Waals surface area contributed by atoms with Crippen LogP contribution in [0.2, 0.25) is 5.02 Å². The monoisotopic (exact) mass is 314 g/mol. The lowest BCUT2D eigenvalue weighted by molar-refractivity contribution is -0.133. The van der Waals surface area contributed by atoms with Crippen molar-refractivity contribution in [3.63, 3.8) is 0 Å². The third kappa shape index (κ3) is 3.29. The number of ether oxygens (including phenoxy) is 1. The summed E-state index contributed by atoms with van der Waals surface area (Å²) in [5.41, 5.74) is 0.654. The Morgan fingerprint density at radius 3 is 2.59 bits per heavy atom. The van der Waals surface area contributed by atoms with E-state index < -0.39 is 0 Å². The van der Waals surface area contributed by atoms with Crippen molar-refractivity contribution in [1.29, 1.82) is 0 Å². The summed E-state index contributed by atoms with van der Waals surface area (Å²) in [6, 6.07) is 10.5. The van der Waals surface area contributed by atoms with Gasteiger partial charge in [-0.25, -0.2) is 4.98 Å². The molecule has 0 radical (unpaired) electrons. The number of para-hydroxylation sites is 1. The molecule has 2 aromatic heterocycles. The highest BCUT2D eigenvalue weighted by molar-refractivity contribution is 6.32. The molecule has 1 aromatic carbocycles. The second-order valence-corrected chi connectivity index (χ2v) is 4.84. The van der Waals surface area contributed by atoms with E-state index in [0.29, 0.717) is 22.2 Å². The van der Waals surface area contributed by atoms with Gasteiger partial charge in [-0.15, -0.1) is 4.80 Å². The lowest BCUT2D eigenvalue weighted by Crippen LogP contribution is -2.12. The van der Waals surface area contributed by atoms with Crippen molar-refractivity contribution >= 4 is 17.6 Å². The van der Waals surface area contributed by atoms with E-state index >= 15 is 0 Å². The molecule has 110 valence electrons. The fraction of sp³-hybridized carbons (Fsp3) is 0.0667. The first kappa shape index (κ1) is 14.2. The van der Waals surface area contributed by atoms with Crippen LogP contribution in [0.15, 0.2) is 55.0 Å². The molecule has 0 aliphatic carbocycles. The Balaban J connectivity index is 1.71. The summed E-state index contributed by atoms with van der Waals surface area (Å²) in [7, 11) is 0. The number of aromatic nitrogens is 4. The third-order valence-corrected chi connectivity index (χ3v) is 3.09. The molecule has 0 amide bonds. The van der Waals surface area contributed by atoms with E-state index in [2.05, 4.69) is 15.2 Å². The molecule has 0 unspecified atom stereocenters. The van der Waals surface area contributed by atoms with Gasteiger partial charge in [-0.1, -0.05) is 29.8 Å². The number of carbonyl (C=O) groups excluding carboxylic acids is 1. The molecule has 3 aromatic rings. The molecule has 3 rings (SSSR count). The standard InChI is InChI=1S/C15H11ClN4O2/c16-13-8-11(10-17-15(13)20-18-6-7-19-20)9-14(21)22-12-4-2-1-3-5-12/h1-8,10H,9H2. The van der Waals surface area contributed by atoms with Gasteiger partial charge >= 0.3 is 5.97 Å². The first-order valence-electron chi connectivity index (χ1n) is 6.49. The molecule has 2 heterocycles. The third-order valence-electron chi connectivity index (χ3n) is 2.81. The predicted molar refractivity (Wildman–Crippen MR) is 79.9 cm³/mol. The average Bonchev–Trinajstić information content (AvgIpc) is 3.02. The number of nitrogens with zero attached hydrogens (tertiary/aromatic N) is 4. The zero-order chi connectivity index (χ0) is 15.4. The zero-order valence-electron chi connectivity index (χ0n) is 11.4. The summed E-state index contributed by atoms with van der Waals surface area (Å²) < 4.78 is 5.22. The van der Waals surface area contributed by atoms with Crippen molar-refractivity contribution in [3.8, 4) is 11.6 Å². The molecular weight excluding hydrogens is 304 g/mol. The number of hydrogen-bond acceptors (Lipinski definition) is 5. The molecule has 0 N–H and O–H groups in total. The van der Waals surface area contributed by atoms with E-state index in [1.165, 1.54) is 17.2 Å². The number of halogens is 1. The van der Waals surface area contributed by atoms with Crippen LogP contribution in [0.4, 0.5) is 0 Å². The minimum absolute atomic E-state index is 0.0778. The van der Waals surface area contributed by atoms with Crippen LogP contribution in [0.3, 0.4) is 0 Å². The Morgan fingerprint density at radius 2 is 1.91 bits per heavy atom. The molecule has 0 fully saturated rings. The van der Waals surface area contributed by atoms with E-state index in [9.17, 15) is 4.79 Å². The van der Waals surface area contributed by atoms with E-state index in [0.717, 1.165) is 0 Å². The molecule has 0 spiro atoms. The van der Waals surface area contributed by atoms with Crippen LogP contribution in [-0.4, -0.2) is 25.9 Å². The smallest absolute Gasteiger partial charge is 0.315 e. The first-order chi connectivity index (χ1) is 10.7. The summed E-state index contributed by atoms with van der Waals surface area (Å²) in [5.74, 6) is 0.532. The Morgan fingerprint density at radius 1 is 1.18 bits per heavy atom. The van der Waals surface area contributed by atoms with Crippen LogP contribution in [0, 0.1) is 0 Å². The minimum atomic E-state index is -0.381. The number of esters is 1. The molecule has 6 nitrogen and oxygen atoms in total. The van der Waals surface area contributed by atoms with Crippen molar-refractivity contribution in [2.45, 2.75) is 6.42 Å². The summed E-state index contributed by atoms with van der Waals surface area (Å²) in [5, 5.41) is 8.28. The predicted octanol–water partition coefficient (Wildman–Crippen LogP) is 2.46. The fourth-order valence-electron chi connectivity index (χ4n) is 1.86. The van der Waals surface area contributed by atoms with Crippen LogP contribution in [0.5, 0.6) is 5.75 Å². The van der Waals surface area contributed by atoms with Gasteiger partial charge in [0.15, 0.2) is 5.82 Å². The largest absolute Gasteiger partial charge is 0.426 e. The van der Waals surface area contributed by atoms with Crippen LogP contribution in [0.1, 0.15) is 5.56 Å². The van der Waals surface area contributed by atoms with Crippen LogP contribution in [0.25, 0.3) is 5.82 Å². The van der Waals surface area contributed by atoms with Gasteiger partial charge in [0, 0.05) is 6.20 Å². The second-order valence-electron chi connectivity index (χ2n) is 4.43. The van der Waals surface area contributed by atoms with Crippen molar-refractivity contribution < 1.29 is 9.53 Å². The molecule has 0 bridgehead atoms. The Labute approximate surface area is 131 Å². The number of hydrogen-bond donors (Lipinski definition) is 0. The molecule has 0 atom stereocenters. The van der Waals surface area contributed by atoms with Crippen molar-refractivity contribution in [3.05, 3.63) is 65.6 Å².